The molecule has 0 bridgehead atoms. The molecule has 1 aliphatic rings. The van der Waals surface area contributed by atoms with Crippen molar-refractivity contribution in [1.82, 2.24) is 0 Å². The van der Waals surface area contributed by atoms with Gasteiger partial charge in [-0.2, -0.15) is 0 Å². The molecule has 0 saturated carbocycles. The van der Waals surface area contributed by atoms with Gasteiger partial charge in [0, 0.05) is 5.33 Å². The quantitative estimate of drug-likeness (QED) is 0.492. The molecule has 1 fully saturated rings. The lowest BCUT2D eigenvalue weighted by molar-refractivity contribution is 0.117. The highest BCUT2D eigenvalue weighted by Gasteiger charge is 2.23. The average molecular weight is 195 g/mol. The van der Waals surface area contributed by atoms with E-state index in [1.807, 2.05) is 0 Å². The molecule has 0 spiro atoms. The largest absolute Gasteiger partial charge is 0.508 e. The Morgan fingerprint density at radius 3 is 3.00 bits per heavy atom. The van der Waals surface area contributed by atoms with Gasteiger partial charge < -0.3 is 9.47 Å². The highest BCUT2D eigenvalue weighted by Crippen LogP contribution is 2.10. The zero-order valence-corrected chi connectivity index (χ0v) is 6.39. The number of carbonyl (C=O) groups excluding carboxylic acids is 1. The highest BCUT2D eigenvalue weighted by molar-refractivity contribution is 9.09. The van der Waals surface area contributed by atoms with Crippen molar-refractivity contribution >= 4 is 22.1 Å². The van der Waals surface area contributed by atoms with Crippen LogP contribution in [0.25, 0.3) is 0 Å². The molecule has 1 atom stereocenters. The molecular formula is C5H7BrO3. The average Bonchev–Trinajstić information content (AvgIpc) is 2.17. The normalized spacial score (nSPS) is 25.4. The maximum Gasteiger partial charge on any atom is 0.508 e. The number of alkyl halides is 1. The van der Waals surface area contributed by atoms with E-state index in [-0.39, 0.29) is 6.10 Å². The van der Waals surface area contributed by atoms with Crippen molar-refractivity contribution < 1.29 is 14.3 Å². The van der Waals surface area contributed by atoms with Crippen LogP contribution in [0.4, 0.5) is 4.79 Å². The van der Waals surface area contributed by atoms with E-state index < -0.39 is 6.16 Å². The van der Waals surface area contributed by atoms with Crippen LogP contribution in [0.2, 0.25) is 0 Å². The number of cyclic esters (lactones) is 2. The van der Waals surface area contributed by atoms with E-state index in [2.05, 4.69) is 20.7 Å². The summed E-state index contributed by atoms with van der Waals surface area (Å²) in [5, 5.41) is 0.842. The molecule has 0 aliphatic carbocycles. The molecule has 1 unspecified atom stereocenters. The number of hydrogen-bond donors (Lipinski definition) is 0. The SMILES string of the molecule is O=C1OCC(CCBr)O1. The second-order valence-electron chi connectivity index (χ2n) is 1.78. The van der Waals surface area contributed by atoms with Crippen LogP contribution in [-0.2, 0) is 9.47 Å². The van der Waals surface area contributed by atoms with Gasteiger partial charge in [0.15, 0.2) is 0 Å². The van der Waals surface area contributed by atoms with Crippen molar-refractivity contribution in [3.8, 4) is 0 Å². The summed E-state index contributed by atoms with van der Waals surface area (Å²) < 4.78 is 9.25. The number of halogens is 1. The second-order valence-corrected chi connectivity index (χ2v) is 2.57. The molecule has 0 aromatic carbocycles. The van der Waals surface area contributed by atoms with Crippen LogP contribution >= 0.6 is 15.9 Å². The summed E-state index contributed by atoms with van der Waals surface area (Å²) in [5.74, 6) is 0. The molecule has 1 rings (SSSR count). The predicted molar refractivity (Wildman–Crippen MR) is 34.6 cm³/mol. The fourth-order valence-corrected chi connectivity index (χ4v) is 1.14. The van der Waals surface area contributed by atoms with E-state index in [0.717, 1.165) is 11.8 Å². The number of rotatable bonds is 2. The molecule has 4 heteroatoms. The smallest absolute Gasteiger partial charge is 0.430 e. The van der Waals surface area contributed by atoms with Crippen LogP contribution in [0.5, 0.6) is 0 Å². The monoisotopic (exact) mass is 194 g/mol. The third-order valence-corrected chi connectivity index (χ3v) is 1.54. The Hall–Kier alpha value is -0.250. The number of ether oxygens (including phenoxy) is 2. The Balaban J connectivity index is 2.22. The zero-order chi connectivity index (χ0) is 6.69. The fraction of sp³-hybridized carbons (Fsp3) is 0.800. The molecule has 1 aliphatic heterocycles. The van der Waals surface area contributed by atoms with Crippen molar-refractivity contribution in [3.05, 3.63) is 0 Å². The molecule has 0 aromatic heterocycles. The van der Waals surface area contributed by atoms with Gasteiger partial charge >= 0.3 is 6.16 Å². The third kappa shape index (κ3) is 1.86. The predicted octanol–water partition coefficient (Wildman–Crippen LogP) is 1.31. The first-order valence-electron chi connectivity index (χ1n) is 2.72. The first kappa shape index (κ1) is 6.86. The van der Waals surface area contributed by atoms with Crippen molar-refractivity contribution in [2.75, 3.05) is 11.9 Å². The van der Waals surface area contributed by atoms with Gasteiger partial charge in [0.25, 0.3) is 0 Å². The maximum atomic E-state index is 10.3. The Kier molecular flexibility index (Phi) is 2.33. The van der Waals surface area contributed by atoms with Gasteiger partial charge in [0.05, 0.1) is 0 Å². The molecule has 0 N–H and O–H groups in total. The lowest BCUT2D eigenvalue weighted by Gasteiger charge is -1.99. The maximum absolute atomic E-state index is 10.3. The summed E-state index contributed by atoms with van der Waals surface area (Å²) in [6.45, 7) is 0.407. The van der Waals surface area contributed by atoms with Gasteiger partial charge in [0.1, 0.15) is 12.7 Å². The summed E-state index contributed by atoms with van der Waals surface area (Å²) in [6, 6.07) is 0. The molecule has 0 radical (unpaired) electrons. The van der Waals surface area contributed by atoms with Crippen LogP contribution < -0.4 is 0 Å². The Morgan fingerprint density at radius 2 is 2.56 bits per heavy atom. The van der Waals surface area contributed by atoms with E-state index >= 15 is 0 Å². The van der Waals surface area contributed by atoms with Crippen LogP contribution in [0.3, 0.4) is 0 Å². The molecule has 1 heterocycles. The van der Waals surface area contributed by atoms with Gasteiger partial charge in [-0.05, 0) is 6.42 Å². The summed E-state index contributed by atoms with van der Waals surface area (Å²) in [4.78, 5) is 10.3. The second kappa shape index (κ2) is 3.06. The van der Waals surface area contributed by atoms with Crippen molar-refractivity contribution in [3.63, 3.8) is 0 Å². The van der Waals surface area contributed by atoms with Gasteiger partial charge in [-0.15, -0.1) is 0 Å². The molecule has 1 saturated heterocycles. The molecular weight excluding hydrogens is 188 g/mol. The highest BCUT2D eigenvalue weighted by atomic mass is 79.9. The van der Waals surface area contributed by atoms with E-state index in [0.29, 0.717) is 6.61 Å². The topological polar surface area (TPSA) is 35.5 Å². The van der Waals surface area contributed by atoms with Crippen molar-refractivity contribution in [2.24, 2.45) is 0 Å². The summed E-state index contributed by atoms with van der Waals surface area (Å²) >= 11 is 3.23. The molecule has 52 valence electrons. The minimum Gasteiger partial charge on any atom is -0.430 e. The Labute approximate surface area is 61.4 Å². The third-order valence-electron chi connectivity index (χ3n) is 1.08. The molecule has 0 amide bonds. The van der Waals surface area contributed by atoms with Crippen molar-refractivity contribution in [2.45, 2.75) is 12.5 Å². The van der Waals surface area contributed by atoms with Crippen LogP contribution in [-0.4, -0.2) is 24.2 Å². The first-order chi connectivity index (χ1) is 4.33. The first-order valence-corrected chi connectivity index (χ1v) is 3.84. The van der Waals surface area contributed by atoms with E-state index in [1.165, 1.54) is 0 Å². The van der Waals surface area contributed by atoms with Gasteiger partial charge in [0.2, 0.25) is 0 Å². The minimum atomic E-state index is -0.541. The zero-order valence-electron chi connectivity index (χ0n) is 4.80. The van der Waals surface area contributed by atoms with Crippen LogP contribution in [0.1, 0.15) is 6.42 Å². The van der Waals surface area contributed by atoms with E-state index in [1.54, 1.807) is 0 Å². The van der Waals surface area contributed by atoms with Crippen LogP contribution in [0.15, 0.2) is 0 Å². The summed E-state index contributed by atoms with van der Waals surface area (Å²) in [6.07, 6.45) is 0.254. The van der Waals surface area contributed by atoms with Gasteiger partial charge in [-0.3, -0.25) is 0 Å². The number of hydrogen-bond acceptors (Lipinski definition) is 3. The van der Waals surface area contributed by atoms with Gasteiger partial charge in [-0.25, -0.2) is 4.79 Å². The molecule has 0 aromatic rings. The standard InChI is InChI=1S/C5H7BrO3/c6-2-1-4-3-8-5(7)9-4/h4H,1-3H2. The lowest BCUT2D eigenvalue weighted by atomic mass is 10.3. The van der Waals surface area contributed by atoms with Crippen LogP contribution in [0, 0.1) is 0 Å². The summed E-state index contributed by atoms with van der Waals surface area (Å²) in [7, 11) is 0. The summed E-state index contributed by atoms with van der Waals surface area (Å²) in [5.41, 5.74) is 0. The number of carbonyl (C=O) groups is 1. The Bertz CT molecular complexity index is 115. The van der Waals surface area contributed by atoms with E-state index in [4.69, 9.17) is 4.74 Å². The minimum absolute atomic E-state index is 0.0307. The fourth-order valence-electron chi connectivity index (χ4n) is 0.629. The molecule has 3 nitrogen and oxygen atoms in total. The van der Waals surface area contributed by atoms with Gasteiger partial charge in [-0.1, -0.05) is 15.9 Å². The molecule has 9 heavy (non-hydrogen) atoms. The Morgan fingerprint density at radius 1 is 1.78 bits per heavy atom. The van der Waals surface area contributed by atoms with E-state index in [9.17, 15) is 4.79 Å². The van der Waals surface area contributed by atoms with Crippen molar-refractivity contribution in [1.29, 1.82) is 0 Å². The lowest BCUT2D eigenvalue weighted by Crippen LogP contribution is -2.09.